The molecule has 78 valence electrons. The zero-order valence-electron chi connectivity index (χ0n) is 8.59. The van der Waals surface area contributed by atoms with Crippen molar-refractivity contribution < 1.29 is 0 Å². The van der Waals surface area contributed by atoms with Crippen LogP contribution in [-0.4, -0.2) is 26.3 Å². The van der Waals surface area contributed by atoms with Crippen LogP contribution < -0.4 is 5.32 Å². The average Bonchev–Trinajstić information content (AvgIpc) is 2.80. The van der Waals surface area contributed by atoms with Gasteiger partial charge in [0.25, 0.3) is 0 Å². The smallest absolute Gasteiger partial charge is 0.157 e. The van der Waals surface area contributed by atoms with E-state index in [1.807, 2.05) is 18.2 Å². The standard InChI is InChI=1S/C10H13N5/c1-2-6-12-9-4-3-5-10(14-9)15-8-11-7-13-15/h3-5,7-8H,2,6H2,1H3,(H,12,14). The summed E-state index contributed by atoms with van der Waals surface area (Å²) in [6.45, 7) is 3.04. The normalized spacial score (nSPS) is 10.2. The molecule has 0 aromatic carbocycles. The molecule has 0 unspecified atom stereocenters. The molecule has 5 nitrogen and oxygen atoms in total. The van der Waals surface area contributed by atoms with Crippen molar-refractivity contribution in [3.05, 3.63) is 30.9 Å². The number of rotatable bonds is 4. The van der Waals surface area contributed by atoms with Gasteiger partial charge in [0.05, 0.1) is 0 Å². The Bertz CT molecular complexity index is 410. The lowest BCUT2D eigenvalue weighted by Gasteiger charge is -2.05. The van der Waals surface area contributed by atoms with Crippen molar-refractivity contribution in [2.45, 2.75) is 13.3 Å². The number of anilines is 1. The van der Waals surface area contributed by atoms with Crippen molar-refractivity contribution >= 4 is 5.82 Å². The number of aromatic nitrogens is 4. The molecule has 0 saturated heterocycles. The highest BCUT2D eigenvalue weighted by atomic mass is 15.3. The molecule has 0 bridgehead atoms. The highest BCUT2D eigenvalue weighted by molar-refractivity contribution is 5.39. The molecule has 0 atom stereocenters. The Morgan fingerprint density at radius 2 is 2.33 bits per heavy atom. The molecule has 0 spiro atoms. The van der Waals surface area contributed by atoms with E-state index in [1.54, 1.807) is 11.0 Å². The van der Waals surface area contributed by atoms with E-state index in [4.69, 9.17) is 0 Å². The fourth-order valence-corrected chi connectivity index (χ4v) is 1.23. The van der Waals surface area contributed by atoms with Gasteiger partial charge in [-0.2, -0.15) is 5.10 Å². The van der Waals surface area contributed by atoms with Crippen LogP contribution in [0.4, 0.5) is 5.82 Å². The van der Waals surface area contributed by atoms with Crippen molar-refractivity contribution in [1.82, 2.24) is 19.7 Å². The Kier molecular flexibility index (Phi) is 2.92. The number of pyridine rings is 1. The van der Waals surface area contributed by atoms with Crippen LogP contribution in [0.25, 0.3) is 5.82 Å². The van der Waals surface area contributed by atoms with Gasteiger partial charge in [0.15, 0.2) is 5.82 Å². The van der Waals surface area contributed by atoms with Crippen LogP contribution in [0, 0.1) is 0 Å². The Balaban J connectivity index is 2.19. The SMILES string of the molecule is CCCNc1cccc(-n2cncn2)n1. The number of nitrogens with one attached hydrogen (secondary N) is 1. The first-order chi connectivity index (χ1) is 7.40. The lowest BCUT2D eigenvalue weighted by atomic mass is 10.4. The molecule has 2 aromatic heterocycles. The lowest BCUT2D eigenvalue weighted by molar-refractivity contribution is 0.843. The summed E-state index contributed by atoms with van der Waals surface area (Å²) < 4.78 is 1.64. The van der Waals surface area contributed by atoms with Crippen LogP contribution in [-0.2, 0) is 0 Å². The third-order valence-corrected chi connectivity index (χ3v) is 1.94. The van der Waals surface area contributed by atoms with E-state index in [0.717, 1.165) is 24.6 Å². The van der Waals surface area contributed by atoms with E-state index in [2.05, 4.69) is 27.3 Å². The molecule has 0 radical (unpaired) electrons. The Morgan fingerprint density at radius 3 is 3.07 bits per heavy atom. The molecule has 0 amide bonds. The van der Waals surface area contributed by atoms with Crippen molar-refractivity contribution in [2.75, 3.05) is 11.9 Å². The minimum absolute atomic E-state index is 0.772. The van der Waals surface area contributed by atoms with Gasteiger partial charge < -0.3 is 5.32 Å². The molecule has 15 heavy (non-hydrogen) atoms. The summed E-state index contributed by atoms with van der Waals surface area (Å²) in [5.41, 5.74) is 0. The van der Waals surface area contributed by atoms with Crippen molar-refractivity contribution in [3.8, 4) is 5.82 Å². The van der Waals surface area contributed by atoms with Crippen LogP contribution in [0.3, 0.4) is 0 Å². The van der Waals surface area contributed by atoms with E-state index >= 15 is 0 Å². The molecule has 0 aliphatic heterocycles. The van der Waals surface area contributed by atoms with Gasteiger partial charge in [-0.3, -0.25) is 0 Å². The minimum atomic E-state index is 0.772. The second-order valence-corrected chi connectivity index (χ2v) is 3.15. The Hall–Kier alpha value is -1.91. The first kappa shape index (κ1) is 9.64. The zero-order valence-corrected chi connectivity index (χ0v) is 8.59. The highest BCUT2D eigenvalue weighted by Gasteiger charge is 1.99. The Labute approximate surface area is 88.2 Å². The molecule has 0 saturated carbocycles. The second kappa shape index (κ2) is 4.54. The number of hydrogen-bond donors (Lipinski definition) is 1. The van der Waals surface area contributed by atoms with Gasteiger partial charge in [0.2, 0.25) is 0 Å². The summed E-state index contributed by atoms with van der Waals surface area (Å²) in [7, 11) is 0. The minimum Gasteiger partial charge on any atom is -0.370 e. The quantitative estimate of drug-likeness (QED) is 0.817. The van der Waals surface area contributed by atoms with Gasteiger partial charge >= 0.3 is 0 Å². The van der Waals surface area contributed by atoms with Gasteiger partial charge in [-0.05, 0) is 18.6 Å². The molecule has 2 aromatic rings. The predicted molar refractivity (Wildman–Crippen MR) is 57.9 cm³/mol. The van der Waals surface area contributed by atoms with Crippen molar-refractivity contribution in [3.63, 3.8) is 0 Å². The second-order valence-electron chi connectivity index (χ2n) is 3.15. The highest BCUT2D eigenvalue weighted by Crippen LogP contribution is 2.07. The summed E-state index contributed by atoms with van der Waals surface area (Å²) in [5, 5.41) is 7.25. The third-order valence-electron chi connectivity index (χ3n) is 1.94. The van der Waals surface area contributed by atoms with E-state index < -0.39 is 0 Å². The molecule has 5 heteroatoms. The summed E-state index contributed by atoms with van der Waals surface area (Å²) in [4.78, 5) is 8.28. The lowest BCUT2D eigenvalue weighted by Crippen LogP contribution is -2.04. The Morgan fingerprint density at radius 1 is 1.40 bits per heavy atom. The predicted octanol–water partition coefficient (Wildman–Crippen LogP) is 1.48. The summed E-state index contributed by atoms with van der Waals surface area (Å²) in [6, 6.07) is 5.78. The third kappa shape index (κ3) is 2.31. The van der Waals surface area contributed by atoms with E-state index in [-0.39, 0.29) is 0 Å². The molecule has 0 aliphatic rings. The molecular weight excluding hydrogens is 190 g/mol. The molecule has 2 rings (SSSR count). The van der Waals surface area contributed by atoms with Gasteiger partial charge in [0.1, 0.15) is 18.5 Å². The fourth-order valence-electron chi connectivity index (χ4n) is 1.23. The molecular formula is C10H13N5. The zero-order chi connectivity index (χ0) is 10.5. The summed E-state index contributed by atoms with van der Waals surface area (Å²) >= 11 is 0. The van der Waals surface area contributed by atoms with Crippen LogP contribution in [0.2, 0.25) is 0 Å². The van der Waals surface area contributed by atoms with Crippen LogP contribution >= 0.6 is 0 Å². The van der Waals surface area contributed by atoms with Crippen LogP contribution in [0.5, 0.6) is 0 Å². The number of hydrogen-bond acceptors (Lipinski definition) is 4. The van der Waals surface area contributed by atoms with Crippen molar-refractivity contribution in [1.29, 1.82) is 0 Å². The van der Waals surface area contributed by atoms with Gasteiger partial charge in [0, 0.05) is 6.54 Å². The summed E-state index contributed by atoms with van der Waals surface area (Å²) in [6.07, 6.45) is 4.20. The monoisotopic (exact) mass is 203 g/mol. The van der Waals surface area contributed by atoms with E-state index in [0.29, 0.717) is 0 Å². The topological polar surface area (TPSA) is 55.6 Å². The maximum atomic E-state index is 4.40. The maximum Gasteiger partial charge on any atom is 0.157 e. The van der Waals surface area contributed by atoms with Crippen molar-refractivity contribution in [2.24, 2.45) is 0 Å². The maximum absolute atomic E-state index is 4.40. The first-order valence-corrected chi connectivity index (χ1v) is 4.96. The summed E-state index contributed by atoms with van der Waals surface area (Å²) in [5.74, 6) is 1.64. The average molecular weight is 203 g/mol. The van der Waals surface area contributed by atoms with E-state index in [9.17, 15) is 0 Å². The van der Waals surface area contributed by atoms with Crippen LogP contribution in [0.1, 0.15) is 13.3 Å². The van der Waals surface area contributed by atoms with Crippen LogP contribution in [0.15, 0.2) is 30.9 Å². The number of nitrogens with zero attached hydrogens (tertiary/aromatic N) is 4. The molecule has 0 fully saturated rings. The molecule has 1 N–H and O–H groups in total. The molecule has 0 aliphatic carbocycles. The first-order valence-electron chi connectivity index (χ1n) is 4.96. The fraction of sp³-hybridized carbons (Fsp3) is 0.300. The van der Waals surface area contributed by atoms with Gasteiger partial charge in [-0.1, -0.05) is 13.0 Å². The van der Waals surface area contributed by atoms with Gasteiger partial charge in [-0.15, -0.1) is 0 Å². The molecule has 2 heterocycles. The largest absolute Gasteiger partial charge is 0.370 e. The van der Waals surface area contributed by atoms with Gasteiger partial charge in [-0.25, -0.2) is 14.6 Å². The van der Waals surface area contributed by atoms with E-state index in [1.165, 1.54) is 6.33 Å².